The predicted molar refractivity (Wildman–Crippen MR) is 160 cm³/mol. The first-order valence-corrected chi connectivity index (χ1v) is 24.9. The third kappa shape index (κ3) is 5.96. The van der Waals surface area contributed by atoms with E-state index in [4.69, 9.17) is 13.7 Å². The monoisotopic (exact) mass is 612 g/mol. The van der Waals surface area contributed by atoms with Gasteiger partial charge < -0.3 is 0 Å². The molecular weight excluding hydrogens is 566 g/mol. The van der Waals surface area contributed by atoms with E-state index in [1.54, 1.807) is 0 Å². The van der Waals surface area contributed by atoms with Crippen molar-refractivity contribution in [2.45, 2.75) is 79.5 Å². The second-order valence-corrected chi connectivity index (χ2v) is 31.7. The summed E-state index contributed by atoms with van der Waals surface area (Å²) in [6, 6.07) is 21.6. The molecule has 0 radical (unpaired) electrons. The standard InChI is InChI=1S/C27H36BO3Si.3CH3.Sn/c1-22(19-20-28-30-26(5,6)27(7,8)31-28)21-29-32(25(2,3)4,23-15-11-9-12-16-23)24-17-13-10-14-18-24;;;;/h9-18,20H,1,21H2,2-8H3;3*1H3;. The minimum atomic E-state index is -2.63. The Labute approximate surface area is 225 Å². The van der Waals surface area contributed by atoms with E-state index < -0.39 is 26.7 Å². The Kier molecular flexibility index (Phi) is 8.64. The molecule has 6 heteroatoms. The van der Waals surface area contributed by atoms with E-state index in [2.05, 4.69) is 137 Å². The molecule has 1 saturated heterocycles. The summed E-state index contributed by atoms with van der Waals surface area (Å²) in [5.74, 6) is 2.20. The second kappa shape index (κ2) is 10.6. The number of rotatable bonds is 8. The van der Waals surface area contributed by atoms with Crippen LogP contribution in [0, 0.1) is 0 Å². The van der Waals surface area contributed by atoms with Gasteiger partial charge in [-0.15, -0.1) is 0 Å². The van der Waals surface area contributed by atoms with Crippen molar-refractivity contribution in [2.75, 3.05) is 6.61 Å². The Bertz CT molecular complexity index is 1030. The van der Waals surface area contributed by atoms with Gasteiger partial charge in [0.2, 0.25) is 0 Å². The predicted octanol–water partition coefficient (Wildman–Crippen LogP) is 6.55. The molecule has 0 unspecified atom stereocenters. The average Bonchev–Trinajstić information content (AvgIpc) is 2.98. The number of hydrogen-bond donors (Lipinski definition) is 0. The summed E-state index contributed by atoms with van der Waals surface area (Å²) in [6.45, 7) is 20.4. The summed E-state index contributed by atoms with van der Waals surface area (Å²) in [5, 5.41) is 2.50. The third-order valence-electron chi connectivity index (χ3n) is 7.64. The van der Waals surface area contributed by atoms with Gasteiger partial charge >= 0.3 is 226 Å². The van der Waals surface area contributed by atoms with Crippen LogP contribution in [0.3, 0.4) is 0 Å². The summed E-state index contributed by atoms with van der Waals surface area (Å²) < 4.78 is 21.2. The molecule has 3 rings (SSSR count). The summed E-state index contributed by atoms with van der Waals surface area (Å²) in [6.07, 6.45) is 0. The van der Waals surface area contributed by atoms with Crippen molar-refractivity contribution in [2.24, 2.45) is 0 Å². The molecule has 2 aromatic rings. The van der Waals surface area contributed by atoms with E-state index in [9.17, 15) is 0 Å². The van der Waals surface area contributed by atoms with Crippen LogP contribution >= 0.6 is 0 Å². The van der Waals surface area contributed by atoms with Crippen LogP contribution in [0.15, 0.2) is 82.4 Å². The van der Waals surface area contributed by atoms with Gasteiger partial charge in [-0.05, 0) is 0 Å². The van der Waals surface area contributed by atoms with Crippen LogP contribution in [0.25, 0.3) is 0 Å². The molecule has 0 N–H and O–H groups in total. The molecule has 1 aliphatic rings. The summed E-state index contributed by atoms with van der Waals surface area (Å²) in [7, 11) is -3.00. The van der Waals surface area contributed by atoms with Crippen LogP contribution in [0.4, 0.5) is 0 Å². The van der Waals surface area contributed by atoms with E-state index >= 15 is 0 Å². The molecule has 1 heterocycles. The van der Waals surface area contributed by atoms with Gasteiger partial charge in [-0.3, -0.25) is 0 Å². The molecule has 194 valence electrons. The zero-order valence-electron chi connectivity index (χ0n) is 24.1. The maximum absolute atomic E-state index is 7.20. The van der Waals surface area contributed by atoms with E-state index in [-0.39, 0.29) is 23.4 Å². The van der Waals surface area contributed by atoms with Crippen molar-refractivity contribution in [1.82, 2.24) is 0 Å². The van der Waals surface area contributed by atoms with E-state index in [0.717, 1.165) is 5.57 Å². The minimum absolute atomic E-state index is 0.0728. The average molecular weight is 611 g/mol. The van der Waals surface area contributed by atoms with Crippen molar-refractivity contribution in [1.29, 1.82) is 0 Å². The first-order valence-electron chi connectivity index (χ1n) is 13.0. The molecule has 0 saturated carbocycles. The topological polar surface area (TPSA) is 27.7 Å². The van der Waals surface area contributed by atoms with Gasteiger partial charge in [0, 0.05) is 0 Å². The first kappa shape index (κ1) is 29.4. The third-order valence-corrected chi connectivity index (χ3v) is 18.7. The Morgan fingerprint density at radius 1 is 0.889 bits per heavy atom. The SMILES string of the molecule is C=C(CO[Si](c1ccccc1)(c1ccccc1)C(C)(C)C)/[C](=C/B1OC(C)(C)C(C)(C)O1)[Sn]([CH3])([CH3])[CH3]. The maximum atomic E-state index is 7.20. The molecule has 1 aliphatic heterocycles. The molecular formula is C30H45BO3SiSn. The Morgan fingerprint density at radius 3 is 1.67 bits per heavy atom. The van der Waals surface area contributed by atoms with Gasteiger partial charge in [0.1, 0.15) is 0 Å². The molecule has 0 atom stereocenters. The van der Waals surface area contributed by atoms with Gasteiger partial charge in [0.25, 0.3) is 0 Å². The van der Waals surface area contributed by atoms with Crippen molar-refractivity contribution >= 4 is 44.2 Å². The number of hydrogen-bond acceptors (Lipinski definition) is 3. The van der Waals surface area contributed by atoms with Crippen LogP contribution < -0.4 is 10.4 Å². The van der Waals surface area contributed by atoms with Gasteiger partial charge in [0.05, 0.1) is 0 Å². The van der Waals surface area contributed by atoms with Gasteiger partial charge in [-0.1, -0.05) is 0 Å². The quantitative estimate of drug-likeness (QED) is 0.250. The summed E-state index contributed by atoms with van der Waals surface area (Å²) in [5.41, 5.74) is 0.333. The molecule has 36 heavy (non-hydrogen) atoms. The Hall–Kier alpha value is -1.12. The first-order chi connectivity index (χ1) is 16.5. The fourth-order valence-electron chi connectivity index (χ4n) is 5.03. The Balaban J connectivity index is 2.01. The summed E-state index contributed by atoms with van der Waals surface area (Å²) in [4.78, 5) is 7.25. The zero-order valence-corrected chi connectivity index (χ0v) is 27.9. The molecule has 3 nitrogen and oxygen atoms in total. The zero-order chi connectivity index (χ0) is 27.0. The van der Waals surface area contributed by atoms with Crippen LogP contribution in [0.1, 0.15) is 48.5 Å². The van der Waals surface area contributed by atoms with Crippen molar-refractivity contribution in [3.63, 3.8) is 0 Å². The van der Waals surface area contributed by atoms with Gasteiger partial charge in [-0.2, -0.15) is 0 Å². The van der Waals surface area contributed by atoms with Crippen molar-refractivity contribution < 1.29 is 13.7 Å². The van der Waals surface area contributed by atoms with Crippen molar-refractivity contribution in [3.05, 3.63) is 82.4 Å². The van der Waals surface area contributed by atoms with Crippen molar-refractivity contribution in [3.8, 4) is 0 Å². The molecule has 2 aromatic carbocycles. The molecule has 0 aliphatic carbocycles. The molecule has 0 aromatic heterocycles. The summed E-state index contributed by atoms with van der Waals surface area (Å²) >= 11 is -2.61. The molecule has 1 fully saturated rings. The van der Waals surface area contributed by atoms with E-state index in [1.165, 1.54) is 14.0 Å². The number of benzene rings is 2. The van der Waals surface area contributed by atoms with E-state index in [0.29, 0.717) is 6.61 Å². The van der Waals surface area contributed by atoms with Crippen LogP contribution in [0.5, 0.6) is 0 Å². The molecule has 0 bridgehead atoms. The van der Waals surface area contributed by atoms with Crippen LogP contribution in [-0.4, -0.2) is 51.6 Å². The van der Waals surface area contributed by atoms with Gasteiger partial charge in [0.15, 0.2) is 0 Å². The molecule has 0 amide bonds. The van der Waals surface area contributed by atoms with Crippen LogP contribution in [0.2, 0.25) is 19.9 Å². The second-order valence-electron chi connectivity index (χ2n) is 13.0. The fraction of sp³-hybridized carbons (Fsp3) is 0.467. The van der Waals surface area contributed by atoms with E-state index in [1.807, 2.05) is 0 Å². The normalized spacial score (nSPS) is 18.4. The fourth-order valence-corrected chi connectivity index (χ4v) is 14.6. The Morgan fingerprint density at radius 2 is 1.31 bits per heavy atom. The van der Waals surface area contributed by atoms with Crippen LogP contribution in [-0.2, 0) is 13.7 Å². The van der Waals surface area contributed by atoms with Gasteiger partial charge in [-0.25, -0.2) is 0 Å². The molecule has 0 spiro atoms.